The van der Waals surface area contributed by atoms with Crippen LogP contribution in [0.3, 0.4) is 0 Å². The first-order chi connectivity index (χ1) is 8.22. The van der Waals surface area contributed by atoms with Gasteiger partial charge in [-0.2, -0.15) is 0 Å². The summed E-state index contributed by atoms with van der Waals surface area (Å²) in [7, 11) is 0. The SMILES string of the molecule is CCCCCCCCOC(=O)C(N)CCCC. The molecule has 0 saturated heterocycles. The number of hydrogen-bond donors (Lipinski definition) is 1. The van der Waals surface area contributed by atoms with Gasteiger partial charge in [-0.3, -0.25) is 4.79 Å². The Hall–Kier alpha value is -0.570. The molecule has 0 saturated carbocycles. The maximum atomic E-state index is 11.4. The molecule has 1 unspecified atom stereocenters. The van der Waals surface area contributed by atoms with Crippen molar-refractivity contribution >= 4 is 5.97 Å². The average Bonchev–Trinajstić information content (AvgIpc) is 2.34. The number of esters is 1. The second-order valence-electron chi connectivity index (χ2n) is 4.68. The summed E-state index contributed by atoms with van der Waals surface area (Å²) in [6.45, 7) is 4.83. The summed E-state index contributed by atoms with van der Waals surface area (Å²) in [6, 6.07) is -0.421. The summed E-state index contributed by atoms with van der Waals surface area (Å²) >= 11 is 0. The third kappa shape index (κ3) is 10.3. The van der Waals surface area contributed by atoms with Gasteiger partial charge in [-0.15, -0.1) is 0 Å². The van der Waals surface area contributed by atoms with E-state index in [4.69, 9.17) is 10.5 Å². The summed E-state index contributed by atoms with van der Waals surface area (Å²) in [5, 5.41) is 0. The molecule has 0 fully saturated rings. The molecule has 3 nitrogen and oxygen atoms in total. The van der Waals surface area contributed by atoms with E-state index in [2.05, 4.69) is 13.8 Å². The zero-order valence-corrected chi connectivity index (χ0v) is 11.5. The highest BCUT2D eigenvalue weighted by Gasteiger charge is 2.13. The van der Waals surface area contributed by atoms with E-state index in [9.17, 15) is 4.79 Å². The van der Waals surface area contributed by atoms with Gasteiger partial charge in [0.05, 0.1) is 6.61 Å². The minimum Gasteiger partial charge on any atom is -0.465 e. The van der Waals surface area contributed by atoms with Crippen molar-refractivity contribution in [3.05, 3.63) is 0 Å². The first-order valence-corrected chi connectivity index (χ1v) is 7.14. The molecule has 102 valence electrons. The van der Waals surface area contributed by atoms with Gasteiger partial charge >= 0.3 is 5.97 Å². The molecule has 0 aliphatic carbocycles. The minimum atomic E-state index is -0.421. The van der Waals surface area contributed by atoms with Gasteiger partial charge in [0.15, 0.2) is 0 Å². The van der Waals surface area contributed by atoms with E-state index in [1.807, 2.05) is 0 Å². The van der Waals surface area contributed by atoms with Crippen molar-refractivity contribution in [1.29, 1.82) is 0 Å². The van der Waals surface area contributed by atoms with Crippen LogP contribution in [0.1, 0.15) is 71.6 Å². The molecule has 0 rings (SSSR count). The highest BCUT2D eigenvalue weighted by atomic mass is 16.5. The van der Waals surface area contributed by atoms with Gasteiger partial charge in [-0.1, -0.05) is 58.8 Å². The highest BCUT2D eigenvalue weighted by Crippen LogP contribution is 2.06. The van der Waals surface area contributed by atoms with Gasteiger partial charge in [-0.05, 0) is 12.8 Å². The molecule has 2 N–H and O–H groups in total. The zero-order chi connectivity index (χ0) is 12.9. The largest absolute Gasteiger partial charge is 0.465 e. The standard InChI is InChI=1S/C14H29NO2/c1-3-5-7-8-9-10-12-17-14(16)13(15)11-6-4-2/h13H,3-12,15H2,1-2H3. The fourth-order valence-electron chi connectivity index (χ4n) is 1.70. The number of nitrogens with two attached hydrogens (primary N) is 1. The lowest BCUT2D eigenvalue weighted by Crippen LogP contribution is -2.32. The Labute approximate surface area is 106 Å². The van der Waals surface area contributed by atoms with Gasteiger partial charge in [0.1, 0.15) is 6.04 Å². The van der Waals surface area contributed by atoms with Crippen molar-refractivity contribution in [2.45, 2.75) is 77.7 Å². The van der Waals surface area contributed by atoms with Crippen LogP contribution in [-0.2, 0) is 9.53 Å². The summed E-state index contributed by atoms with van der Waals surface area (Å²) in [5.74, 6) is -0.230. The van der Waals surface area contributed by atoms with Crippen molar-refractivity contribution in [3.63, 3.8) is 0 Å². The molecule has 0 bridgehead atoms. The Balaban J connectivity index is 3.32. The second-order valence-corrected chi connectivity index (χ2v) is 4.68. The molecule has 1 atom stereocenters. The maximum absolute atomic E-state index is 11.4. The molecule has 0 aromatic rings. The Morgan fingerprint density at radius 2 is 1.59 bits per heavy atom. The third-order valence-electron chi connectivity index (χ3n) is 2.91. The number of carbonyl (C=O) groups excluding carboxylic acids is 1. The van der Waals surface area contributed by atoms with Crippen molar-refractivity contribution < 1.29 is 9.53 Å². The molecule has 0 aliphatic heterocycles. The fourth-order valence-corrected chi connectivity index (χ4v) is 1.70. The fraction of sp³-hybridized carbons (Fsp3) is 0.929. The summed E-state index contributed by atoms with van der Waals surface area (Å²) in [6.07, 6.45) is 10.0. The molecule has 0 aliphatic rings. The molecule has 17 heavy (non-hydrogen) atoms. The van der Waals surface area contributed by atoms with E-state index < -0.39 is 6.04 Å². The predicted octanol–water partition coefficient (Wildman–Crippen LogP) is 3.41. The summed E-state index contributed by atoms with van der Waals surface area (Å²) < 4.78 is 5.14. The Bertz CT molecular complexity index is 183. The van der Waals surface area contributed by atoms with E-state index in [-0.39, 0.29) is 5.97 Å². The Morgan fingerprint density at radius 1 is 1.00 bits per heavy atom. The van der Waals surface area contributed by atoms with Gasteiger partial charge in [0.25, 0.3) is 0 Å². The van der Waals surface area contributed by atoms with Gasteiger partial charge in [-0.25, -0.2) is 0 Å². The van der Waals surface area contributed by atoms with Crippen LogP contribution >= 0.6 is 0 Å². The first kappa shape index (κ1) is 16.4. The normalized spacial score (nSPS) is 12.4. The number of hydrogen-bond acceptors (Lipinski definition) is 3. The van der Waals surface area contributed by atoms with Crippen molar-refractivity contribution in [2.24, 2.45) is 5.73 Å². The minimum absolute atomic E-state index is 0.230. The molecular formula is C14H29NO2. The van der Waals surface area contributed by atoms with Gasteiger partial charge < -0.3 is 10.5 Å². The van der Waals surface area contributed by atoms with E-state index >= 15 is 0 Å². The van der Waals surface area contributed by atoms with Crippen LogP contribution in [0.15, 0.2) is 0 Å². The lowest BCUT2D eigenvalue weighted by molar-refractivity contribution is -0.145. The van der Waals surface area contributed by atoms with Crippen molar-refractivity contribution in [2.75, 3.05) is 6.61 Å². The van der Waals surface area contributed by atoms with Crippen LogP contribution in [0.2, 0.25) is 0 Å². The molecule has 0 aromatic heterocycles. The summed E-state index contributed by atoms with van der Waals surface area (Å²) in [5.41, 5.74) is 5.71. The molecule has 0 amide bonds. The van der Waals surface area contributed by atoms with Crippen LogP contribution in [0, 0.1) is 0 Å². The van der Waals surface area contributed by atoms with Crippen LogP contribution in [0.25, 0.3) is 0 Å². The average molecular weight is 243 g/mol. The highest BCUT2D eigenvalue weighted by molar-refractivity contribution is 5.75. The number of carbonyl (C=O) groups is 1. The van der Waals surface area contributed by atoms with E-state index in [1.165, 1.54) is 25.7 Å². The Kier molecular flexibility index (Phi) is 11.5. The number of unbranched alkanes of at least 4 members (excludes halogenated alkanes) is 6. The van der Waals surface area contributed by atoms with Crippen LogP contribution in [0.4, 0.5) is 0 Å². The third-order valence-corrected chi connectivity index (χ3v) is 2.91. The van der Waals surface area contributed by atoms with Crippen LogP contribution < -0.4 is 5.73 Å². The van der Waals surface area contributed by atoms with Gasteiger partial charge in [0, 0.05) is 0 Å². The monoisotopic (exact) mass is 243 g/mol. The quantitative estimate of drug-likeness (QED) is 0.447. The molecular weight excluding hydrogens is 214 g/mol. The van der Waals surface area contributed by atoms with E-state index in [0.29, 0.717) is 6.61 Å². The predicted molar refractivity (Wildman–Crippen MR) is 71.8 cm³/mol. The molecule has 0 radical (unpaired) electrons. The molecule has 0 aromatic carbocycles. The van der Waals surface area contributed by atoms with E-state index in [1.54, 1.807) is 0 Å². The number of rotatable bonds is 11. The smallest absolute Gasteiger partial charge is 0.322 e. The molecule has 0 heterocycles. The molecule has 0 spiro atoms. The lowest BCUT2D eigenvalue weighted by atomic mass is 10.1. The summed E-state index contributed by atoms with van der Waals surface area (Å²) in [4.78, 5) is 11.4. The molecule has 3 heteroatoms. The van der Waals surface area contributed by atoms with Crippen molar-refractivity contribution in [3.8, 4) is 0 Å². The van der Waals surface area contributed by atoms with Crippen LogP contribution in [0.5, 0.6) is 0 Å². The maximum Gasteiger partial charge on any atom is 0.322 e. The van der Waals surface area contributed by atoms with Crippen LogP contribution in [-0.4, -0.2) is 18.6 Å². The Morgan fingerprint density at radius 3 is 2.24 bits per heavy atom. The zero-order valence-electron chi connectivity index (χ0n) is 11.5. The number of ether oxygens (including phenoxy) is 1. The second kappa shape index (κ2) is 11.9. The van der Waals surface area contributed by atoms with E-state index in [0.717, 1.165) is 32.1 Å². The van der Waals surface area contributed by atoms with Crippen molar-refractivity contribution in [1.82, 2.24) is 0 Å². The van der Waals surface area contributed by atoms with Gasteiger partial charge in [0.2, 0.25) is 0 Å². The topological polar surface area (TPSA) is 52.3 Å². The first-order valence-electron chi connectivity index (χ1n) is 7.14. The lowest BCUT2D eigenvalue weighted by Gasteiger charge is -2.10.